The second kappa shape index (κ2) is 8.17. The van der Waals surface area contributed by atoms with Gasteiger partial charge < -0.3 is 15.2 Å². The summed E-state index contributed by atoms with van der Waals surface area (Å²) < 4.78 is 55.3. The van der Waals surface area contributed by atoms with E-state index in [2.05, 4.69) is 20.1 Å². The van der Waals surface area contributed by atoms with E-state index in [4.69, 9.17) is 5.73 Å². The normalized spacial score (nSPS) is 19.7. The minimum atomic E-state index is -4.51. The Morgan fingerprint density at radius 1 is 1.19 bits per heavy atom. The van der Waals surface area contributed by atoms with Gasteiger partial charge in [0, 0.05) is 13.1 Å². The Kier molecular flexibility index (Phi) is 5.56. The van der Waals surface area contributed by atoms with E-state index in [-0.39, 0.29) is 31.6 Å². The van der Waals surface area contributed by atoms with Gasteiger partial charge in [-0.3, -0.25) is 9.97 Å². The van der Waals surface area contributed by atoms with E-state index >= 15 is 0 Å². The standard InChI is InChI=1S/C19H19F4N7O/c20-14-3-4-29(10-15(14)24)18-28-16-2-1-11(19(21,22)23)5-17(16)30(18)9-13-7-25-12(6-26-13)8-27-31/h1-2,5-7,14-15H,3-4,8-10,24H2/t14-,15-/m1/s1. The average molecular weight is 437 g/mol. The van der Waals surface area contributed by atoms with E-state index in [0.29, 0.717) is 29.4 Å². The van der Waals surface area contributed by atoms with Crippen molar-refractivity contribution in [1.82, 2.24) is 19.5 Å². The Morgan fingerprint density at radius 2 is 1.94 bits per heavy atom. The maximum Gasteiger partial charge on any atom is 0.416 e. The van der Waals surface area contributed by atoms with Crippen molar-refractivity contribution in [3.63, 3.8) is 0 Å². The number of piperidine rings is 1. The molecule has 0 bridgehead atoms. The highest BCUT2D eigenvalue weighted by Crippen LogP contribution is 2.33. The van der Waals surface area contributed by atoms with E-state index in [0.717, 1.165) is 12.1 Å². The molecule has 3 heterocycles. The Morgan fingerprint density at radius 3 is 2.58 bits per heavy atom. The third-order valence-corrected chi connectivity index (χ3v) is 5.21. The van der Waals surface area contributed by atoms with Crippen LogP contribution in [0.2, 0.25) is 0 Å². The third-order valence-electron chi connectivity index (χ3n) is 5.21. The van der Waals surface area contributed by atoms with Gasteiger partial charge in [-0.25, -0.2) is 9.37 Å². The molecule has 0 saturated carbocycles. The monoisotopic (exact) mass is 437 g/mol. The van der Waals surface area contributed by atoms with Gasteiger partial charge in [-0.2, -0.15) is 18.1 Å². The highest BCUT2D eigenvalue weighted by molar-refractivity contribution is 5.80. The van der Waals surface area contributed by atoms with Gasteiger partial charge in [0.1, 0.15) is 12.7 Å². The van der Waals surface area contributed by atoms with Gasteiger partial charge >= 0.3 is 6.18 Å². The second-order valence-electron chi connectivity index (χ2n) is 7.40. The molecule has 1 aliphatic heterocycles. The van der Waals surface area contributed by atoms with Crippen molar-refractivity contribution in [2.75, 3.05) is 18.0 Å². The van der Waals surface area contributed by atoms with Crippen molar-refractivity contribution in [3.05, 3.63) is 52.5 Å². The van der Waals surface area contributed by atoms with E-state index in [1.807, 2.05) is 0 Å². The molecular weight excluding hydrogens is 418 g/mol. The lowest BCUT2D eigenvalue weighted by molar-refractivity contribution is -0.137. The number of nitrogens with two attached hydrogens (primary N) is 1. The molecule has 0 radical (unpaired) electrons. The number of nitrogens with zero attached hydrogens (tertiary/aromatic N) is 6. The number of fused-ring (bicyclic) bond motifs is 1. The summed E-state index contributed by atoms with van der Waals surface area (Å²) in [6.07, 6.45) is -2.63. The smallest absolute Gasteiger partial charge is 0.340 e. The number of hydrogen-bond acceptors (Lipinski definition) is 7. The van der Waals surface area contributed by atoms with Crippen LogP contribution in [0.5, 0.6) is 0 Å². The maximum atomic E-state index is 13.9. The summed E-state index contributed by atoms with van der Waals surface area (Å²) in [4.78, 5) is 25.0. The maximum absolute atomic E-state index is 13.9. The Balaban J connectivity index is 1.77. The number of halogens is 4. The molecule has 4 rings (SSSR count). The number of aromatic nitrogens is 4. The Labute approximate surface area is 174 Å². The van der Waals surface area contributed by atoms with Crippen LogP contribution in [0.15, 0.2) is 35.8 Å². The van der Waals surface area contributed by atoms with Crippen molar-refractivity contribution in [1.29, 1.82) is 0 Å². The number of anilines is 1. The van der Waals surface area contributed by atoms with Crippen LogP contribution in [0.4, 0.5) is 23.5 Å². The second-order valence-corrected chi connectivity index (χ2v) is 7.40. The first kappa shape index (κ1) is 21.1. The van der Waals surface area contributed by atoms with Crippen LogP contribution in [-0.4, -0.2) is 44.8 Å². The molecule has 1 aliphatic rings. The molecule has 1 saturated heterocycles. The molecule has 2 atom stereocenters. The SMILES string of the molecule is N[C@@H]1CN(c2nc3ccc(C(F)(F)F)cc3n2Cc2cnc(CN=O)cn2)CC[C@H]1F. The van der Waals surface area contributed by atoms with Crippen LogP contribution in [0.25, 0.3) is 11.0 Å². The van der Waals surface area contributed by atoms with Gasteiger partial charge in [0.2, 0.25) is 5.95 Å². The molecule has 8 nitrogen and oxygen atoms in total. The summed E-state index contributed by atoms with van der Waals surface area (Å²) in [5.74, 6) is 0.386. The summed E-state index contributed by atoms with van der Waals surface area (Å²) in [7, 11) is 0. The first-order valence-corrected chi connectivity index (χ1v) is 9.57. The van der Waals surface area contributed by atoms with Gasteiger partial charge in [-0.15, -0.1) is 0 Å². The number of rotatable bonds is 5. The lowest BCUT2D eigenvalue weighted by atomic mass is 10.1. The summed E-state index contributed by atoms with van der Waals surface area (Å²) >= 11 is 0. The first-order chi connectivity index (χ1) is 14.8. The van der Waals surface area contributed by atoms with Crippen LogP contribution in [0, 0.1) is 4.91 Å². The van der Waals surface area contributed by atoms with E-state index < -0.39 is 24.0 Å². The number of nitroso groups, excluding NO2 is 1. The Bertz CT molecular complexity index is 1080. The van der Waals surface area contributed by atoms with Crippen LogP contribution in [0.1, 0.15) is 23.4 Å². The van der Waals surface area contributed by atoms with Crippen LogP contribution >= 0.6 is 0 Å². The van der Waals surface area contributed by atoms with Crippen molar-refractivity contribution >= 4 is 17.0 Å². The molecule has 31 heavy (non-hydrogen) atoms. The summed E-state index contributed by atoms with van der Waals surface area (Å²) in [6, 6.07) is 2.60. The van der Waals surface area contributed by atoms with Gasteiger partial charge in [-0.05, 0) is 24.6 Å². The fraction of sp³-hybridized carbons (Fsp3) is 0.421. The summed E-state index contributed by atoms with van der Waals surface area (Å²) in [5.41, 5.74) is 6.54. The number of benzene rings is 1. The lowest BCUT2D eigenvalue weighted by Gasteiger charge is -2.34. The minimum Gasteiger partial charge on any atom is -0.340 e. The fourth-order valence-corrected chi connectivity index (χ4v) is 3.59. The molecular formula is C19H19F4N7O. The average Bonchev–Trinajstić information content (AvgIpc) is 3.09. The predicted octanol–water partition coefficient (Wildman–Crippen LogP) is 3.04. The van der Waals surface area contributed by atoms with Gasteiger partial charge in [0.05, 0.1) is 53.0 Å². The van der Waals surface area contributed by atoms with Crippen LogP contribution in [-0.2, 0) is 19.3 Å². The molecule has 0 spiro atoms. The van der Waals surface area contributed by atoms with Crippen molar-refractivity contribution < 1.29 is 17.6 Å². The Hall–Kier alpha value is -3.15. The molecule has 3 aromatic rings. The van der Waals surface area contributed by atoms with E-state index in [1.165, 1.54) is 18.5 Å². The highest BCUT2D eigenvalue weighted by atomic mass is 19.4. The molecule has 1 aromatic carbocycles. The molecule has 0 amide bonds. The molecule has 2 aromatic heterocycles. The van der Waals surface area contributed by atoms with Crippen molar-refractivity contribution in [3.8, 4) is 0 Å². The van der Waals surface area contributed by atoms with Gasteiger partial charge in [0.25, 0.3) is 0 Å². The molecule has 12 heteroatoms. The third kappa shape index (κ3) is 4.33. The topological polar surface area (TPSA) is 102 Å². The number of imidazole rings is 1. The van der Waals surface area contributed by atoms with E-state index in [9.17, 15) is 22.5 Å². The predicted molar refractivity (Wildman–Crippen MR) is 105 cm³/mol. The van der Waals surface area contributed by atoms with Gasteiger partial charge in [-0.1, -0.05) is 5.18 Å². The molecule has 1 fully saturated rings. The van der Waals surface area contributed by atoms with Crippen LogP contribution in [0.3, 0.4) is 0 Å². The summed E-state index contributed by atoms with van der Waals surface area (Å²) in [5, 5.41) is 2.75. The minimum absolute atomic E-state index is 0.0831. The quantitative estimate of drug-likeness (QED) is 0.486. The molecule has 0 aliphatic carbocycles. The molecule has 0 unspecified atom stereocenters. The largest absolute Gasteiger partial charge is 0.416 e. The zero-order chi connectivity index (χ0) is 22.2. The number of alkyl halides is 4. The van der Waals surface area contributed by atoms with Gasteiger partial charge in [0.15, 0.2) is 0 Å². The highest BCUT2D eigenvalue weighted by Gasteiger charge is 2.33. The fourth-order valence-electron chi connectivity index (χ4n) is 3.59. The van der Waals surface area contributed by atoms with Crippen molar-refractivity contribution in [2.24, 2.45) is 10.9 Å². The zero-order valence-corrected chi connectivity index (χ0v) is 16.3. The number of hydrogen-bond donors (Lipinski definition) is 1. The first-order valence-electron chi connectivity index (χ1n) is 9.57. The van der Waals surface area contributed by atoms with Crippen molar-refractivity contribution in [2.45, 2.75) is 37.9 Å². The molecule has 2 N–H and O–H groups in total. The lowest BCUT2D eigenvalue weighted by Crippen LogP contribution is -2.50. The van der Waals surface area contributed by atoms with Crippen LogP contribution < -0.4 is 10.6 Å². The summed E-state index contributed by atoms with van der Waals surface area (Å²) in [6.45, 7) is 0.476. The van der Waals surface area contributed by atoms with E-state index in [1.54, 1.807) is 9.47 Å². The molecule has 164 valence electrons. The zero-order valence-electron chi connectivity index (χ0n) is 16.3.